The fourth-order valence-corrected chi connectivity index (χ4v) is 8.56. The molecule has 10 rings (SSSR count). The molecule has 0 bridgehead atoms. The minimum Gasteiger partial charge on any atom is -0.490 e. The van der Waals surface area contributed by atoms with Crippen LogP contribution >= 0.6 is 0 Å². The highest BCUT2D eigenvalue weighted by Gasteiger charge is 2.41. The topological polar surface area (TPSA) is 115 Å². The number of benzene rings is 7. The minimum absolute atomic E-state index is 0.130. The highest BCUT2D eigenvalue weighted by atomic mass is 16.5. The zero-order valence-electron chi connectivity index (χ0n) is 34.7. The van der Waals surface area contributed by atoms with Gasteiger partial charge in [-0.1, -0.05) is 146 Å². The van der Waals surface area contributed by atoms with Gasteiger partial charge in [-0.15, -0.1) is 0 Å². The van der Waals surface area contributed by atoms with Crippen LogP contribution in [0.5, 0.6) is 11.5 Å². The number of carbonyl (C=O) groups is 2. The molecule has 0 fully saturated rings. The van der Waals surface area contributed by atoms with E-state index in [1.54, 1.807) is 11.5 Å². The van der Waals surface area contributed by atoms with E-state index in [2.05, 4.69) is 4.98 Å². The second-order valence-corrected chi connectivity index (χ2v) is 15.6. The molecule has 0 aliphatic carbocycles. The number of aliphatic hydroxyl groups excluding tert-OH is 1. The van der Waals surface area contributed by atoms with Crippen molar-refractivity contribution in [3.05, 3.63) is 203 Å². The van der Waals surface area contributed by atoms with Crippen molar-refractivity contribution in [1.29, 1.82) is 0 Å². The summed E-state index contributed by atoms with van der Waals surface area (Å²) >= 11 is 0. The first-order chi connectivity index (χ1) is 30.9. The van der Waals surface area contributed by atoms with Gasteiger partial charge in [-0.05, 0) is 41.3 Å². The number of aromatic nitrogens is 2. The van der Waals surface area contributed by atoms with E-state index in [1.807, 2.05) is 158 Å². The maximum atomic E-state index is 14.5. The number of nitrogens with one attached hydrogen (secondary N) is 1. The van der Waals surface area contributed by atoms with Crippen LogP contribution in [0.4, 0.5) is 0 Å². The SMILES string of the molecule is C/C(OCc1ccccc1)=C(/OCc1ccccc1)C(O)n1c2c(OCc3ccccc3)cccc2c2c3c(c4c5cccc(OCc6ccccc6)c5[nH]c4c21)C(=O)N(C)C3=O. The third kappa shape index (κ3) is 7.10. The molecule has 312 valence electrons. The highest BCUT2D eigenvalue weighted by Crippen LogP contribution is 2.49. The second-order valence-electron chi connectivity index (χ2n) is 15.6. The number of ether oxygens (including phenoxy) is 4. The summed E-state index contributed by atoms with van der Waals surface area (Å²) < 4.78 is 27.9. The molecule has 10 heteroatoms. The van der Waals surface area contributed by atoms with Gasteiger partial charge in [0.25, 0.3) is 11.8 Å². The summed E-state index contributed by atoms with van der Waals surface area (Å²) in [5.41, 5.74) is 6.41. The molecule has 7 aromatic carbocycles. The van der Waals surface area contributed by atoms with E-state index in [-0.39, 0.29) is 36.7 Å². The average Bonchev–Trinajstić information content (AvgIpc) is 3.96. The summed E-state index contributed by atoms with van der Waals surface area (Å²) in [4.78, 5) is 33.6. The van der Waals surface area contributed by atoms with Gasteiger partial charge in [-0.2, -0.15) is 0 Å². The Morgan fingerprint density at radius 2 is 1.02 bits per heavy atom. The van der Waals surface area contributed by atoms with Gasteiger partial charge in [0, 0.05) is 28.6 Å². The van der Waals surface area contributed by atoms with Crippen LogP contribution in [0.2, 0.25) is 0 Å². The minimum atomic E-state index is -1.53. The summed E-state index contributed by atoms with van der Waals surface area (Å²) in [6, 6.07) is 50.4. The lowest BCUT2D eigenvalue weighted by Gasteiger charge is -2.23. The van der Waals surface area contributed by atoms with E-state index < -0.39 is 18.0 Å². The lowest BCUT2D eigenvalue weighted by Crippen LogP contribution is -2.24. The average molecular weight is 834 g/mol. The molecule has 0 spiro atoms. The van der Waals surface area contributed by atoms with Gasteiger partial charge in [0.15, 0.2) is 12.0 Å². The number of carbonyl (C=O) groups excluding carboxylic acids is 2. The second kappa shape index (κ2) is 16.6. The molecule has 1 aliphatic heterocycles. The van der Waals surface area contributed by atoms with Crippen LogP contribution in [0.15, 0.2) is 169 Å². The third-order valence-electron chi connectivity index (χ3n) is 11.6. The number of amides is 2. The Morgan fingerprint density at radius 1 is 0.540 bits per heavy atom. The lowest BCUT2D eigenvalue weighted by atomic mass is 9.96. The zero-order valence-corrected chi connectivity index (χ0v) is 34.7. The number of aromatic amines is 1. The van der Waals surface area contributed by atoms with Crippen molar-refractivity contribution in [3.8, 4) is 11.5 Å². The monoisotopic (exact) mass is 833 g/mol. The molecule has 10 nitrogen and oxygen atoms in total. The zero-order chi connectivity index (χ0) is 43.0. The highest BCUT2D eigenvalue weighted by molar-refractivity contribution is 6.39. The molecule has 2 amide bonds. The molecule has 1 atom stereocenters. The molecule has 9 aromatic rings. The number of nitrogens with zero attached hydrogens (tertiary/aromatic N) is 2. The molecule has 0 saturated heterocycles. The van der Waals surface area contributed by atoms with Gasteiger partial charge in [0.2, 0.25) is 0 Å². The van der Waals surface area contributed by atoms with Crippen LogP contribution in [0.1, 0.15) is 56.1 Å². The molecular weight excluding hydrogens is 791 g/mol. The van der Waals surface area contributed by atoms with Crippen molar-refractivity contribution in [1.82, 2.24) is 14.5 Å². The van der Waals surface area contributed by atoms with Crippen LogP contribution in [-0.2, 0) is 35.9 Å². The fourth-order valence-electron chi connectivity index (χ4n) is 8.56. The smallest absolute Gasteiger partial charge is 0.262 e. The number of fused-ring (bicyclic) bond motifs is 10. The van der Waals surface area contributed by atoms with E-state index in [4.69, 9.17) is 18.9 Å². The molecule has 2 aromatic heterocycles. The van der Waals surface area contributed by atoms with Crippen molar-refractivity contribution in [2.75, 3.05) is 7.05 Å². The van der Waals surface area contributed by atoms with Gasteiger partial charge in [0.05, 0.1) is 33.2 Å². The van der Waals surface area contributed by atoms with Crippen LogP contribution in [0.25, 0.3) is 43.6 Å². The molecule has 3 heterocycles. The van der Waals surface area contributed by atoms with Gasteiger partial charge in [-0.3, -0.25) is 14.5 Å². The normalized spacial score (nSPS) is 13.5. The van der Waals surface area contributed by atoms with Gasteiger partial charge in [-0.25, -0.2) is 0 Å². The quantitative estimate of drug-likeness (QED) is 0.0828. The molecule has 0 saturated carbocycles. The Balaban J connectivity index is 1.25. The lowest BCUT2D eigenvalue weighted by molar-refractivity contribution is 0.0370. The molecule has 2 N–H and O–H groups in total. The number of aliphatic hydroxyl groups is 1. The van der Waals surface area contributed by atoms with Crippen LogP contribution < -0.4 is 9.47 Å². The number of imide groups is 1. The maximum absolute atomic E-state index is 14.5. The van der Waals surface area contributed by atoms with Crippen molar-refractivity contribution >= 4 is 55.4 Å². The Labute approximate surface area is 363 Å². The van der Waals surface area contributed by atoms with Gasteiger partial charge < -0.3 is 33.6 Å². The number of hydrogen-bond donors (Lipinski definition) is 2. The number of allylic oxidation sites excluding steroid dienone is 1. The maximum Gasteiger partial charge on any atom is 0.262 e. The van der Waals surface area contributed by atoms with Gasteiger partial charge >= 0.3 is 0 Å². The summed E-state index contributed by atoms with van der Waals surface area (Å²) in [6.07, 6.45) is -1.53. The number of hydrogen-bond acceptors (Lipinski definition) is 7. The first-order valence-electron chi connectivity index (χ1n) is 20.8. The van der Waals surface area contributed by atoms with Crippen LogP contribution in [0.3, 0.4) is 0 Å². The van der Waals surface area contributed by atoms with Crippen molar-refractivity contribution in [2.45, 2.75) is 39.6 Å². The Kier molecular flexibility index (Phi) is 10.3. The fraction of sp³-hybridized carbons (Fsp3) is 0.132. The van der Waals surface area contributed by atoms with E-state index in [0.29, 0.717) is 67.5 Å². The predicted octanol–water partition coefficient (Wildman–Crippen LogP) is 11.0. The van der Waals surface area contributed by atoms with Gasteiger partial charge in [0.1, 0.15) is 43.7 Å². The first-order valence-corrected chi connectivity index (χ1v) is 20.8. The summed E-state index contributed by atoms with van der Waals surface area (Å²) in [5.74, 6) is 0.654. The largest absolute Gasteiger partial charge is 0.490 e. The Hall–Kier alpha value is -7.82. The summed E-state index contributed by atoms with van der Waals surface area (Å²) in [6.45, 7) is 2.66. The molecule has 0 radical (unpaired) electrons. The van der Waals surface area contributed by atoms with Crippen molar-refractivity contribution in [2.24, 2.45) is 0 Å². The van der Waals surface area contributed by atoms with Crippen LogP contribution in [-0.4, -0.2) is 38.4 Å². The summed E-state index contributed by atoms with van der Waals surface area (Å²) in [7, 11) is 1.50. The van der Waals surface area contributed by atoms with E-state index in [0.717, 1.165) is 27.2 Å². The molecule has 1 aliphatic rings. The summed E-state index contributed by atoms with van der Waals surface area (Å²) in [5, 5.41) is 15.5. The third-order valence-corrected chi connectivity index (χ3v) is 11.6. The number of rotatable bonds is 14. The standard InChI is InChI=1S/C53H43N3O7/c1-33(60-29-34-17-7-3-8-18-34)50(63-32-37-23-13-6-14-24-37)53(59)56-48-39(26-16-28-41(48)62-31-36-21-11-5-12-22-36)43-45-44(51(57)55(2)52(45)58)42-38-25-15-27-40(46(38)54-47(42)49(43)56)61-30-35-19-9-4-10-20-35/h3-28,53-54,59H,29-32H2,1-2H3/b50-33-. The number of para-hydroxylation sites is 2. The van der Waals surface area contributed by atoms with E-state index in [9.17, 15) is 14.7 Å². The van der Waals surface area contributed by atoms with Crippen molar-refractivity contribution in [3.63, 3.8) is 0 Å². The Bertz CT molecular complexity index is 3200. The van der Waals surface area contributed by atoms with E-state index >= 15 is 0 Å². The van der Waals surface area contributed by atoms with Crippen LogP contribution in [0, 0.1) is 0 Å². The predicted molar refractivity (Wildman–Crippen MR) is 243 cm³/mol. The van der Waals surface area contributed by atoms with Crippen molar-refractivity contribution < 1.29 is 33.6 Å². The molecule has 63 heavy (non-hydrogen) atoms. The first kappa shape index (κ1) is 39.3. The molecule has 1 unspecified atom stereocenters. The number of H-pyrrole nitrogens is 1. The molecular formula is C53H43N3O7. The van der Waals surface area contributed by atoms with E-state index in [1.165, 1.54) is 7.05 Å². The Morgan fingerprint density at radius 3 is 1.59 bits per heavy atom.